The third kappa shape index (κ3) is 3.35. The van der Waals surface area contributed by atoms with Gasteiger partial charge in [0.15, 0.2) is 5.82 Å². The van der Waals surface area contributed by atoms with E-state index in [9.17, 15) is 18.0 Å². The number of halogens is 4. The first kappa shape index (κ1) is 22.7. The molecule has 2 aliphatic heterocycles. The number of esters is 1. The van der Waals surface area contributed by atoms with Crippen molar-refractivity contribution in [3.8, 4) is 0 Å². The standard InChI is InChI=1S/C21H21ClF3N7O2/c1-2-34-17(33)19-8-26-9-20(19,21(23,24)25)11-32(10-19)18-27-7-14(22)16(30-18)29-13-3-4-15-12(5-13)6-28-31-15/h3-7,26H,2,8-11H2,1H3,(H,28,31)(H,27,29,30). The molecule has 2 aliphatic rings. The summed E-state index contributed by atoms with van der Waals surface area (Å²) in [5.41, 5.74) is -2.61. The molecule has 0 saturated carbocycles. The van der Waals surface area contributed by atoms with Crippen LogP contribution >= 0.6 is 11.6 Å². The van der Waals surface area contributed by atoms with E-state index in [1.54, 1.807) is 19.2 Å². The van der Waals surface area contributed by atoms with Crippen LogP contribution in [-0.4, -0.2) is 65.1 Å². The fraction of sp³-hybridized carbons (Fsp3) is 0.429. The summed E-state index contributed by atoms with van der Waals surface area (Å²) in [6.45, 7) is 0.298. The number of hydrogen-bond acceptors (Lipinski definition) is 8. The topological polar surface area (TPSA) is 108 Å². The highest BCUT2D eigenvalue weighted by molar-refractivity contribution is 6.32. The molecule has 2 aromatic heterocycles. The summed E-state index contributed by atoms with van der Waals surface area (Å²) in [6.07, 6.45) is -1.66. The Balaban J connectivity index is 1.49. The van der Waals surface area contributed by atoms with E-state index in [1.165, 1.54) is 11.1 Å². The first-order valence-corrected chi connectivity index (χ1v) is 11.0. The van der Waals surface area contributed by atoms with Crippen LogP contribution in [0.2, 0.25) is 5.02 Å². The van der Waals surface area contributed by atoms with Gasteiger partial charge >= 0.3 is 12.1 Å². The number of carbonyl (C=O) groups is 1. The van der Waals surface area contributed by atoms with Gasteiger partial charge in [-0.1, -0.05) is 11.6 Å². The van der Waals surface area contributed by atoms with Crippen LogP contribution in [0.1, 0.15) is 6.92 Å². The van der Waals surface area contributed by atoms with E-state index in [4.69, 9.17) is 16.3 Å². The minimum atomic E-state index is -4.65. The molecule has 2 fully saturated rings. The third-order valence-corrected chi connectivity index (χ3v) is 6.89. The van der Waals surface area contributed by atoms with Crippen molar-refractivity contribution in [1.29, 1.82) is 0 Å². The van der Waals surface area contributed by atoms with Crippen LogP contribution in [0.3, 0.4) is 0 Å². The lowest BCUT2D eigenvalue weighted by molar-refractivity contribution is -0.240. The molecule has 3 N–H and O–H groups in total. The van der Waals surface area contributed by atoms with Crippen molar-refractivity contribution in [1.82, 2.24) is 25.5 Å². The molecular formula is C21H21ClF3N7O2. The van der Waals surface area contributed by atoms with Crippen LogP contribution in [0.4, 0.5) is 30.6 Å². The number of aromatic amines is 1. The van der Waals surface area contributed by atoms with Gasteiger partial charge in [0.25, 0.3) is 0 Å². The fourth-order valence-electron chi connectivity index (χ4n) is 4.91. The number of aromatic nitrogens is 4. The molecule has 2 unspecified atom stereocenters. The number of alkyl halides is 3. The molecule has 0 bridgehead atoms. The summed E-state index contributed by atoms with van der Waals surface area (Å²) in [5.74, 6) is -0.602. The Morgan fingerprint density at radius 1 is 1.29 bits per heavy atom. The van der Waals surface area contributed by atoms with Gasteiger partial charge in [0, 0.05) is 37.3 Å². The smallest absolute Gasteiger partial charge is 0.398 e. The maximum Gasteiger partial charge on any atom is 0.398 e. The minimum absolute atomic E-state index is 0.0129. The lowest BCUT2D eigenvalue weighted by Gasteiger charge is -2.37. The monoisotopic (exact) mass is 495 g/mol. The zero-order valence-corrected chi connectivity index (χ0v) is 18.8. The van der Waals surface area contributed by atoms with Crippen LogP contribution in [0.15, 0.2) is 30.6 Å². The quantitative estimate of drug-likeness (QED) is 0.463. The number of ether oxygens (including phenoxy) is 1. The van der Waals surface area contributed by atoms with Crippen LogP contribution < -0.4 is 15.5 Å². The van der Waals surface area contributed by atoms with Gasteiger partial charge in [-0.2, -0.15) is 23.3 Å². The van der Waals surface area contributed by atoms with Crippen molar-refractivity contribution < 1.29 is 22.7 Å². The number of rotatable bonds is 5. The Morgan fingerprint density at radius 3 is 2.88 bits per heavy atom. The van der Waals surface area contributed by atoms with E-state index >= 15 is 0 Å². The second-order valence-electron chi connectivity index (χ2n) is 8.51. The Labute approximate surface area is 197 Å². The molecule has 0 amide bonds. The highest BCUT2D eigenvalue weighted by Crippen LogP contribution is 2.58. The zero-order valence-electron chi connectivity index (χ0n) is 18.0. The van der Waals surface area contributed by atoms with Crippen LogP contribution in [0.25, 0.3) is 10.9 Å². The minimum Gasteiger partial charge on any atom is -0.465 e. The van der Waals surface area contributed by atoms with Crippen molar-refractivity contribution in [3.05, 3.63) is 35.6 Å². The number of hydrogen-bond donors (Lipinski definition) is 3. The predicted octanol–water partition coefficient (Wildman–Crippen LogP) is 3.27. The maximum atomic E-state index is 14.4. The van der Waals surface area contributed by atoms with Gasteiger partial charge in [-0.05, 0) is 25.1 Å². The van der Waals surface area contributed by atoms with E-state index in [2.05, 4.69) is 30.8 Å². The predicted molar refractivity (Wildman–Crippen MR) is 119 cm³/mol. The molecule has 34 heavy (non-hydrogen) atoms. The largest absolute Gasteiger partial charge is 0.465 e. The van der Waals surface area contributed by atoms with E-state index in [1.807, 2.05) is 12.1 Å². The van der Waals surface area contributed by atoms with Crippen molar-refractivity contribution >= 4 is 45.9 Å². The van der Waals surface area contributed by atoms with Gasteiger partial charge in [-0.25, -0.2) is 4.98 Å². The van der Waals surface area contributed by atoms with Crippen LogP contribution in [-0.2, 0) is 9.53 Å². The van der Waals surface area contributed by atoms with E-state index in [0.29, 0.717) is 5.69 Å². The van der Waals surface area contributed by atoms with E-state index < -0.39 is 36.1 Å². The highest BCUT2D eigenvalue weighted by atomic mass is 35.5. The highest BCUT2D eigenvalue weighted by Gasteiger charge is 2.76. The molecule has 4 heterocycles. The van der Waals surface area contributed by atoms with E-state index in [-0.39, 0.29) is 36.5 Å². The van der Waals surface area contributed by atoms with Crippen molar-refractivity contribution in [3.63, 3.8) is 0 Å². The molecule has 5 rings (SSSR count). The summed E-state index contributed by atoms with van der Waals surface area (Å²) < 4.78 is 48.3. The molecular weight excluding hydrogens is 475 g/mol. The molecule has 0 radical (unpaired) electrons. The number of carbonyl (C=O) groups excluding carboxylic acids is 1. The summed E-state index contributed by atoms with van der Waals surface area (Å²) in [7, 11) is 0. The van der Waals surface area contributed by atoms with Crippen molar-refractivity contribution in [2.24, 2.45) is 10.8 Å². The van der Waals surface area contributed by atoms with Crippen LogP contribution in [0.5, 0.6) is 0 Å². The molecule has 0 spiro atoms. The van der Waals surface area contributed by atoms with E-state index in [0.717, 1.165) is 10.9 Å². The normalized spacial score (nSPS) is 24.4. The van der Waals surface area contributed by atoms with Gasteiger partial charge in [0.1, 0.15) is 15.9 Å². The molecule has 2 saturated heterocycles. The van der Waals surface area contributed by atoms with Gasteiger partial charge in [-0.15, -0.1) is 0 Å². The summed E-state index contributed by atoms with van der Waals surface area (Å²) in [4.78, 5) is 22.8. The van der Waals surface area contributed by atoms with Gasteiger partial charge in [-0.3, -0.25) is 9.89 Å². The number of fused-ring (bicyclic) bond motifs is 2. The molecule has 3 aromatic rings. The fourth-order valence-corrected chi connectivity index (χ4v) is 5.05. The molecule has 180 valence electrons. The lowest BCUT2D eigenvalue weighted by atomic mass is 9.67. The summed E-state index contributed by atoms with van der Waals surface area (Å²) >= 11 is 6.28. The second kappa shape index (κ2) is 7.98. The molecule has 13 heteroatoms. The molecule has 0 aliphatic carbocycles. The van der Waals surface area contributed by atoms with Crippen molar-refractivity contribution in [2.75, 3.05) is 43.0 Å². The number of nitrogens with zero attached hydrogens (tertiary/aromatic N) is 4. The molecule has 1 aromatic carbocycles. The lowest BCUT2D eigenvalue weighted by Crippen LogP contribution is -2.55. The first-order valence-electron chi connectivity index (χ1n) is 10.6. The SMILES string of the molecule is CCOC(=O)C12CNCC1(C(F)(F)F)CN(c1ncc(Cl)c(Nc3ccc4[nH]ncc4c3)n1)C2. The van der Waals surface area contributed by atoms with Gasteiger partial charge < -0.3 is 20.3 Å². The average molecular weight is 496 g/mol. The van der Waals surface area contributed by atoms with Crippen LogP contribution in [0, 0.1) is 10.8 Å². The Hall–Kier alpha value is -3.12. The number of nitrogens with one attached hydrogen (secondary N) is 3. The molecule has 2 atom stereocenters. The average Bonchev–Trinajstić information content (AvgIpc) is 3.47. The Kier molecular flexibility index (Phi) is 5.32. The van der Waals surface area contributed by atoms with Crippen molar-refractivity contribution in [2.45, 2.75) is 13.1 Å². The Morgan fingerprint density at radius 2 is 2.12 bits per heavy atom. The second-order valence-corrected chi connectivity index (χ2v) is 8.91. The third-order valence-electron chi connectivity index (χ3n) is 6.62. The number of benzene rings is 1. The Bertz CT molecular complexity index is 1250. The maximum absolute atomic E-state index is 14.4. The molecule has 9 nitrogen and oxygen atoms in total. The first-order chi connectivity index (χ1) is 16.2. The van der Waals surface area contributed by atoms with Gasteiger partial charge in [0.05, 0.1) is 24.5 Å². The number of anilines is 3. The summed E-state index contributed by atoms with van der Waals surface area (Å²) in [5, 5.41) is 13.7. The summed E-state index contributed by atoms with van der Waals surface area (Å²) in [6, 6.07) is 5.45. The van der Waals surface area contributed by atoms with Gasteiger partial charge in [0.2, 0.25) is 5.95 Å². The number of H-pyrrole nitrogens is 1. The zero-order chi connectivity index (χ0) is 24.1.